The molecule has 5 nitrogen and oxygen atoms in total. The van der Waals surface area contributed by atoms with Crippen molar-refractivity contribution < 1.29 is 19.1 Å². The Hall–Kier alpha value is -1.26. The van der Waals surface area contributed by atoms with E-state index in [1.54, 1.807) is 4.90 Å². The number of amides is 1. The van der Waals surface area contributed by atoms with Gasteiger partial charge in [0.1, 0.15) is 0 Å². The molecule has 1 amide bonds. The minimum Gasteiger partial charge on any atom is -0.466 e. The number of rotatable bonds is 4. The number of hydrogen-bond acceptors (Lipinski definition) is 4. The van der Waals surface area contributed by atoms with Crippen LogP contribution >= 0.6 is 0 Å². The lowest BCUT2D eigenvalue weighted by Crippen LogP contribution is -2.42. The van der Waals surface area contributed by atoms with Crippen LogP contribution in [0.1, 0.15) is 40.5 Å². The van der Waals surface area contributed by atoms with Crippen LogP contribution in [0, 0.1) is 11.8 Å². The molecule has 0 bridgehead atoms. The van der Waals surface area contributed by atoms with E-state index in [1.807, 2.05) is 27.7 Å². The van der Waals surface area contributed by atoms with E-state index >= 15 is 0 Å². The number of carbonyl (C=O) groups is 2. The molecule has 0 aromatic carbocycles. The number of esters is 1. The largest absolute Gasteiger partial charge is 0.466 e. The fourth-order valence-corrected chi connectivity index (χ4v) is 2.32. The molecular formula is C14H25NO4. The molecule has 1 unspecified atom stereocenters. The lowest BCUT2D eigenvalue weighted by Gasteiger charge is -2.33. The van der Waals surface area contributed by atoms with Crippen molar-refractivity contribution in [2.45, 2.75) is 46.6 Å². The number of hydrogen-bond donors (Lipinski definition) is 0. The first-order valence-corrected chi connectivity index (χ1v) is 7.07. The maximum Gasteiger partial charge on any atom is 0.410 e. The lowest BCUT2D eigenvalue weighted by atomic mass is 9.85. The van der Waals surface area contributed by atoms with Crippen LogP contribution in [-0.2, 0) is 14.3 Å². The minimum absolute atomic E-state index is 0.0938. The SMILES string of the molecule is CCOC(=O)C(C)C1CCN(C(=O)OC(C)C)CC1. The number of piperidine rings is 1. The van der Waals surface area contributed by atoms with Crippen LogP contribution < -0.4 is 0 Å². The second kappa shape index (κ2) is 7.36. The van der Waals surface area contributed by atoms with Gasteiger partial charge in [0.05, 0.1) is 18.6 Å². The van der Waals surface area contributed by atoms with Crippen LogP contribution in [0.25, 0.3) is 0 Å². The summed E-state index contributed by atoms with van der Waals surface area (Å²) in [5.41, 5.74) is 0. The predicted octanol–water partition coefficient (Wildman–Crippen LogP) is 2.44. The molecule has 1 saturated heterocycles. The highest BCUT2D eigenvalue weighted by atomic mass is 16.6. The zero-order valence-electron chi connectivity index (χ0n) is 12.3. The standard InChI is InChI=1S/C14H25NO4/c1-5-18-13(16)11(4)12-6-8-15(9-7-12)14(17)19-10(2)3/h10-12H,5-9H2,1-4H3. The molecule has 0 aliphatic carbocycles. The van der Waals surface area contributed by atoms with Crippen molar-refractivity contribution in [3.8, 4) is 0 Å². The van der Waals surface area contributed by atoms with E-state index in [4.69, 9.17) is 9.47 Å². The molecule has 1 heterocycles. The molecule has 5 heteroatoms. The van der Waals surface area contributed by atoms with E-state index in [0.29, 0.717) is 25.6 Å². The number of ether oxygens (including phenoxy) is 2. The smallest absolute Gasteiger partial charge is 0.410 e. The van der Waals surface area contributed by atoms with Gasteiger partial charge in [0.15, 0.2) is 0 Å². The van der Waals surface area contributed by atoms with Gasteiger partial charge in [-0.2, -0.15) is 0 Å². The Morgan fingerprint density at radius 2 is 1.79 bits per heavy atom. The molecule has 0 aromatic rings. The Kier molecular flexibility index (Phi) is 6.12. The predicted molar refractivity (Wildman–Crippen MR) is 71.7 cm³/mol. The molecule has 1 aliphatic rings. The van der Waals surface area contributed by atoms with Crippen LogP contribution in [0.4, 0.5) is 4.79 Å². The van der Waals surface area contributed by atoms with Crippen molar-refractivity contribution in [1.82, 2.24) is 4.90 Å². The van der Waals surface area contributed by atoms with E-state index in [0.717, 1.165) is 12.8 Å². The first-order valence-electron chi connectivity index (χ1n) is 7.07. The van der Waals surface area contributed by atoms with Crippen molar-refractivity contribution in [1.29, 1.82) is 0 Å². The topological polar surface area (TPSA) is 55.8 Å². The van der Waals surface area contributed by atoms with E-state index in [2.05, 4.69) is 0 Å². The average molecular weight is 271 g/mol. The molecule has 110 valence electrons. The zero-order chi connectivity index (χ0) is 14.4. The van der Waals surface area contributed by atoms with Gasteiger partial charge in [-0.1, -0.05) is 6.92 Å². The molecule has 1 aliphatic heterocycles. The van der Waals surface area contributed by atoms with Crippen molar-refractivity contribution >= 4 is 12.1 Å². The van der Waals surface area contributed by atoms with Crippen molar-refractivity contribution in [3.05, 3.63) is 0 Å². The second-order valence-electron chi connectivity index (χ2n) is 5.30. The Morgan fingerprint density at radius 3 is 2.26 bits per heavy atom. The second-order valence-corrected chi connectivity index (χ2v) is 5.30. The molecule has 0 spiro atoms. The average Bonchev–Trinajstić information content (AvgIpc) is 2.37. The van der Waals surface area contributed by atoms with Gasteiger partial charge in [0, 0.05) is 13.1 Å². The van der Waals surface area contributed by atoms with E-state index in [1.165, 1.54) is 0 Å². The van der Waals surface area contributed by atoms with Crippen LogP contribution in [0.5, 0.6) is 0 Å². The summed E-state index contributed by atoms with van der Waals surface area (Å²) < 4.78 is 10.2. The zero-order valence-corrected chi connectivity index (χ0v) is 12.3. The first kappa shape index (κ1) is 15.8. The summed E-state index contributed by atoms with van der Waals surface area (Å²) in [5, 5.41) is 0. The Bertz CT molecular complexity index is 309. The lowest BCUT2D eigenvalue weighted by molar-refractivity contribution is -0.149. The third-order valence-electron chi connectivity index (χ3n) is 3.50. The van der Waals surface area contributed by atoms with Gasteiger partial charge < -0.3 is 14.4 Å². The maximum absolute atomic E-state index is 11.7. The molecule has 0 aromatic heterocycles. The number of nitrogens with zero attached hydrogens (tertiary/aromatic N) is 1. The molecule has 1 fully saturated rings. The van der Waals surface area contributed by atoms with Gasteiger partial charge in [-0.3, -0.25) is 4.79 Å². The molecular weight excluding hydrogens is 246 g/mol. The molecule has 0 N–H and O–H groups in total. The maximum atomic E-state index is 11.7. The Morgan fingerprint density at radius 1 is 1.21 bits per heavy atom. The summed E-state index contributed by atoms with van der Waals surface area (Å²) in [5.74, 6) is 0.0658. The minimum atomic E-state index is -0.253. The summed E-state index contributed by atoms with van der Waals surface area (Å²) in [7, 11) is 0. The molecule has 0 saturated carbocycles. The summed E-state index contributed by atoms with van der Waals surface area (Å²) in [6.45, 7) is 9.13. The van der Waals surface area contributed by atoms with Crippen LogP contribution in [0.3, 0.4) is 0 Å². The quantitative estimate of drug-likeness (QED) is 0.737. The highest BCUT2D eigenvalue weighted by Crippen LogP contribution is 2.26. The molecule has 1 atom stereocenters. The fourth-order valence-electron chi connectivity index (χ4n) is 2.32. The van der Waals surface area contributed by atoms with Crippen molar-refractivity contribution in [2.75, 3.05) is 19.7 Å². The fraction of sp³-hybridized carbons (Fsp3) is 0.857. The van der Waals surface area contributed by atoms with Gasteiger partial charge in [-0.15, -0.1) is 0 Å². The Labute approximate surface area is 115 Å². The number of likely N-dealkylation sites (tertiary alicyclic amines) is 1. The van der Waals surface area contributed by atoms with E-state index < -0.39 is 0 Å². The van der Waals surface area contributed by atoms with E-state index in [9.17, 15) is 9.59 Å². The number of carbonyl (C=O) groups excluding carboxylic acids is 2. The normalized spacial score (nSPS) is 18.3. The highest BCUT2D eigenvalue weighted by Gasteiger charge is 2.31. The van der Waals surface area contributed by atoms with Gasteiger partial charge in [-0.05, 0) is 39.5 Å². The molecule has 0 radical (unpaired) electrons. The van der Waals surface area contributed by atoms with Gasteiger partial charge >= 0.3 is 12.1 Å². The molecule has 19 heavy (non-hydrogen) atoms. The highest BCUT2D eigenvalue weighted by molar-refractivity contribution is 5.72. The third kappa shape index (κ3) is 4.73. The first-order chi connectivity index (χ1) is 8.95. The van der Waals surface area contributed by atoms with Crippen molar-refractivity contribution in [3.63, 3.8) is 0 Å². The summed E-state index contributed by atoms with van der Waals surface area (Å²) in [6, 6.07) is 0. The Balaban J connectivity index is 2.40. The van der Waals surface area contributed by atoms with Crippen molar-refractivity contribution in [2.24, 2.45) is 11.8 Å². The van der Waals surface area contributed by atoms with E-state index in [-0.39, 0.29) is 24.1 Å². The van der Waals surface area contributed by atoms with Gasteiger partial charge in [0.25, 0.3) is 0 Å². The monoisotopic (exact) mass is 271 g/mol. The van der Waals surface area contributed by atoms with Gasteiger partial charge in [-0.25, -0.2) is 4.79 Å². The van der Waals surface area contributed by atoms with Crippen LogP contribution in [0.15, 0.2) is 0 Å². The van der Waals surface area contributed by atoms with Crippen LogP contribution in [0.2, 0.25) is 0 Å². The van der Waals surface area contributed by atoms with Gasteiger partial charge in [0.2, 0.25) is 0 Å². The van der Waals surface area contributed by atoms with Crippen LogP contribution in [-0.4, -0.2) is 42.8 Å². The summed E-state index contributed by atoms with van der Waals surface area (Å²) >= 11 is 0. The summed E-state index contributed by atoms with van der Waals surface area (Å²) in [4.78, 5) is 25.1. The third-order valence-corrected chi connectivity index (χ3v) is 3.50. The molecule has 1 rings (SSSR count). The summed E-state index contributed by atoms with van der Waals surface area (Å²) in [6.07, 6.45) is 1.31.